The van der Waals surface area contributed by atoms with Gasteiger partial charge in [-0.15, -0.1) is 0 Å². The van der Waals surface area contributed by atoms with Crippen molar-refractivity contribution in [2.75, 3.05) is 0 Å². The van der Waals surface area contributed by atoms with Crippen molar-refractivity contribution in [3.63, 3.8) is 0 Å². The topological polar surface area (TPSA) is 59.7 Å². The lowest BCUT2D eigenvalue weighted by atomic mass is 9.78. The van der Waals surface area contributed by atoms with E-state index < -0.39 is 12.9 Å². The summed E-state index contributed by atoms with van der Waals surface area (Å²) in [4.78, 5) is 10.5. The zero-order valence-electron chi connectivity index (χ0n) is 9.22. The highest BCUT2D eigenvalue weighted by Gasteiger charge is 2.29. The fourth-order valence-electron chi connectivity index (χ4n) is 1.99. The van der Waals surface area contributed by atoms with Crippen molar-refractivity contribution < 1.29 is 23.3 Å². The Bertz CT molecular complexity index is 623. The lowest BCUT2D eigenvalue weighted by molar-refractivity contribution is 0.110. The van der Waals surface area contributed by atoms with Crippen LogP contribution in [-0.2, 0) is 11.3 Å². The summed E-state index contributed by atoms with van der Waals surface area (Å²) in [6.45, 7) is 0.186. The number of hydrogen-bond donors (Lipinski definition) is 1. The molecule has 1 aliphatic rings. The highest BCUT2D eigenvalue weighted by molar-refractivity contribution is 6.61. The van der Waals surface area contributed by atoms with Gasteiger partial charge in [-0.3, -0.25) is 4.79 Å². The number of rotatable bonds is 2. The van der Waals surface area contributed by atoms with Gasteiger partial charge >= 0.3 is 7.12 Å². The third-order valence-electron chi connectivity index (χ3n) is 2.90. The largest absolute Gasteiger partial charge is 0.491 e. The van der Waals surface area contributed by atoms with E-state index in [-0.39, 0.29) is 23.7 Å². The van der Waals surface area contributed by atoms with Gasteiger partial charge in [0.15, 0.2) is 12.0 Å². The zero-order chi connectivity index (χ0) is 12.7. The van der Waals surface area contributed by atoms with E-state index >= 15 is 0 Å². The van der Waals surface area contributed by atoms with Gasteiger partial charge in [0, 0.05) is 0 Å². The van der Waals surface area contributed by atoms with Crippen LogP contribution in [-0.4, -0.2) is 18.4 Å². The molecule has 0 unspecified atom stereocenters. The van der Waals surface area contributed by atoms with E-state index in [0.717, 1.165) is 0 Å². The number of furan rings is 1. The molecule has 0 radical (unpaired) electrons. The fraction of sp³-hybridized carbons (Fsp3) is 0.0833. The first kappa shape index (κ1) is 11.2. The Hall–Kier alpha value is -1.92. The summed E-state index contributed by atoms with van der Waals surface area (Å²) in [5.41, 5.74) is 1.34. The van der Waals surface area contributed by atoms with E-state index in [2.05, 4.69) is 0 Å². The number of aldehydes is 1. The molecule has 0 amide bonds. The third-order valence-corrected chi connectivity index (χ3v) is 2.90. The molecule has 0 saturated carbocycles. The summed E-state index contributed by atoms with van der Waals surface area (Å²) >= 11 is 0. The summed E-state index contributed by atoms with van der Waals surface area (Å²) in [7, 11) is -1.04. The smallest absolute Gasteiger partial charge is 0.453 e. The van der Waals surface area contributed by atoms with Crippen molar-refractivity contribution >= 4 is 18.9 Å². The molecule has 0 atom stereocenters. The minimum Gasteiger partial charge on any atom is -0.453 e. The highest BCUT2D eigenvalue weighted by atomic mass is 19.1. The molecule has 6 heteroatoms. The number of fused-ring (bicyclic) bond motifs is 1. The number of hydrogen-bond acceptors (Lipinski definition) is 4. The Kier molecular flexibility index (Phi) is 2.54. The number of carbonyl (C=O) groups is 1. The summed E-state index contributed by atoms with van der Waals surface area (Å²) in [5, 5.41) is 9.56. The molecule has 0 aliphatic carbocycles. The normalized spacial score (nSPS) is 13.8. The van der Waals surface area contributed by atoms with Crippen molar-refractivity contribution in [1.29, 1.82) is 0 Å². The molecular formula is C12H8BFO4. The molecule has 1 N–H and O–H groups in total. The van der Waals surface area contributed by atoms with Gasteiger partial charge in [0.1, 0.15) is 11.6 Å². The van der Waals surface area contributed by atoms with Crippen molar-refractivity contribution in [2.24, 2.45) is 0 Å². The maximum absolute atomic E-state index is 13.9. The van der Waals surface area contributed by atoms with Crippen LogP contribution >= 0.6 is 0 Å². The van der Waals surface area contributed by atoms with E-state index in [1.54, 1.807) is 0 Å². The van der Waals surface area contributed by atoms with E-state index in [1.165, 1.54) is 24.3 Å². The zero-order valence-corrected chi connectivity index (χ0v) is 9.22. The van der Waals surface area contributed by atoms with Gasteiger partial charge in [0.2, 0.25) is 0 Å². The van der Waals surface area contributed by atoms with Crippen molar-refractivity contribution in [3.8, 4) is 11.3 Å². The van der Waals surface area contributed by atoms with Crippen LogP contribution in [0.3, 0.4) is 0 Å². The SMILES string of the molecule is O=Cc1ccc(-c2cc3c(cc2F)COB3O)o1. The van der Waals surface area contributed by atoms with Gasteiger partial charge in [0.25, 0.3) is 0 Å². The molecular weight excluding hydrogens is 238 g/mol. The summed E-state index contributed by atoms with van der Waals surface area (Å²) in [6, 6.07) is 5.76. The van der Waals surface area contributed by atoms with Crippen molar-refractivity contribution in [2.45, 2.75) is 6.61 Å². The van der Waals surface area contributed by atoms with Gasteiger partial charge in [-0.2, -0.15) is 0 Å². The van der Waals surface area contributed by atoms with Crippen LogP contribution in [0.15, 0.2) is 28.7 Å². The molecule has 0 fully saturated rings. The Morgan fingerprint density at radius 3 is 2.94 bits per heavy atom. The molecule has 90 valence electrons. The van der Waals surface area contributed by atoms with Gasteiger partial charge in [-0.1, -0.05) is 0 Å². The van der Waals surface area contributed by atoms with E-state index in [9.17, 15) is 14.2 Å². The minimum atomic E-state index is -1.04. The summed E-state index contributed by atoms with van der Waals surface area (Å²) < 4.78 is 24.0. The second-order valence-electron chi connectivity index (χ2n) is 4.01. The number of carbonyl (C=O) groups excluding carboxylic acids is 1. The molecule has 1 aromatic carbocycles. The Balaban J connectivity index is 2.12. The van der Waals surface area contributed by atoms with Crippen molar-refractivity contribution in [3.05, 3.63) is 41.4 Å². The van der Waals surface area contributed by atoms with Crippen LogP contribution in [0, 0.1) is 5.82 Å². The molecule has 1 aromatic heterocycles. The first-order chi connectivity index (χ1) is 8.69. The van der Waals surface area contributed by atoms with Crippen LogP contribution in [0.1, 0.15) is 16.1 Å². The monoisotopic (exact) mass is 246 g/mol. The first-order valence-electron chi connectivity index (χ1n) is 5.36. The van der Waals surface area contributed by atoms with Crippen LogP contribution in [0.5, 0.6) is 0 Å². The molecule has 0 saturated heterocycles. The van der Waals surface area contributed by atoms with E-state index in [4.69, 9.17) is 9.07 Å². The lowest BCUT2D eigenvalue weighted by Gasteiger charge is -2.04. The van der Waals surface area contributed by atoms with Gasteiger partial charge < -0.3 is 14.1 Å². The van der Waals surface area contributed by atoms with Crippen LogP contribution in [0.2, 0.25) is 0 Å². The van der Waals surface area contributed by atoms with Gasteiger partial charge in [0.05, 0.1) is 12.2 Å². The van der Waals surface area contributed by atoms with Gasteiger partial charge in [-0.25, -0.2) is 4.39 Å². The summed E-state index contributed by atoms with van der Waals surface area (Å²) in [5.74, 6) is -0.101. The standard InChI is InChI=1S/C12H8BFO4/c14-11-3-7-6-17-13(16)10(7)4-9(11)12-2-1-8(5-15)18-12/h1-5,16H,6H2. The molecule has 4 nitrogen and oxygen atoms in total. The fourth-order valence-corrected chi connectivity index (χ4v) is 1.99. The molecule has 2 heterocycles. The first-order valence-corrected chi connectivity index (χ1v) is 5.36. The maximum Gasteiger partial charge on any atom is 0.491 e. The quantitative estimate of drug-likeness (QED) is 0.637. The molecule has 1 aliphatic heterocycles. The van der Waals surface area contributed by atoms with Crippen molar-refractivity contribution in [1.82, 2.24) is 0 Å². The Morgan fingerprint density at radius 1 is 1.39 bits per heavy atom. The predicted octanol–water partition coefficient (Wildman–Crippen LogP) is 1.12. The molecule has 0 spiro atoms. The Morgan fingerprint density at radius 2 is 2.22 bits per heavy atom. The second-order valence-corrected chi connectivity index (χ2v) is 4.01. The summed E-state index contributed by atoms with van der Waals surface area (Å²) in [6.07, 6.45) is 0.548. The Labute approximate surface area is 102 Å². The predicted molar refractivity (Wildman–Crippen MR) is 61.9 cm³/mol. The maximum atomic E-state index is 13.9. The average Bonchev–Trinajstić information content (AvgIpc) is 2.96. The van der Waals surface area contributed by atoms with Gasteiger partial charge in [-0.05, 0) is 35.3 Å². The average molecular weight is 246 g/mol. The van der Waals surface area contributed by atoms with Crippen LogP contribution in [0.25, 0.3) is 11.3 Å². The second kappa shape index (κ2) is 4.08. The van der Waals surface area contributed by atoms with Crippen LogP contribution < -0.4 is 5.46 Å². The molecule has 2 aromatic rings. The van der Waals surface area contributed by atoms with Crippen LogP contribution in [0.4, 0.5) is 4.39 Å². The van der Waals surface area contributed by atoms with E-state index in [1.807, 2.05) is 0 Å². The number of halogens is 1. The van der Waals surface area contributed by atoms with E-state index in [0.29, 0.717) is 17.3 Å². The minimum absolute atomic E-state index is 0.127. The lowest BCUT2D eigenvalue weighted by Crippen LogP contribution is -2.28. The highest BCUT2D eigenvalue weighted by Crippen LogP contribution is 2.26. The molecule has 3 rings (SSSR count). The molecule has 18 heavy (non-hydrogen) atoms. The third kappa shape index (κ3) is 1.66. The molecule has 0 bridgehead atoms. The number of benzene rings is 1.